The summed E-state index contributed by atoms with van der Waals surface area (Å²) >= 11 is 0. The summed E-state index contributed by atoms with van der Waals surface area (Å²) in [5, 5.41) is 8.55. The number of aromatic nitrogens is 3. The van der Waals surface area contributed by atoms with E-state index in [0.29, 0.717) is 24.7 Å². The van der Waals surface area contributed by atoms with Crippen molar-refractivity contribution >= 4 is 0 Å². The summed E-state index contributed by atoms with van der Waals surface area (Å²) in [5.74, 6) is 0.819. The van der Waals surface area contributed by atoms with E-state index in [4.69, 9.17) is 0 Å². The lowest BCUT2D eigenvalue weighted by Crippen LogP contribution is -2.39. The molecule has 0 saturated heterocycles. The fraction of sp³-hybridized carbons (Fsp3) is 0.818. The molecule has 0 amide bonds. The van der Waals surface area contributed by atoms with Crippen molar-refractivity contribution in [3.63, 3.8) is 0 Å². The predicted molar refractivity (Wildman–Crippen MR) is 56.3 cm³/mol. The van der Waals surface area contributed by atoms with Crippen molar-refractivity contribution in [1.82, 2.24) is 15.0 Å². The highest BCUT2D eigenvalue weighted by Gasteiger charge is 2.40. The summed E-state index contributed by atoms with van der Waals surface area (Å²) in [5.41, 5.74) is 0.0657. The van der Waals surface area contributed by atoms with Gasteiger partial charge in [-0.15, -0.1) is 0 Å². The number of hydrogen-bond donors (Lipinski definition) is 0. The molecule has 2 rings (SSSR count). The van der Waals surface area contributed by atoms with Crippen molar-refractivity contribution in [2.75, 3.05) is 0 Å². The second kappa shape index (κ2) is 3.58. The average Bonchev–Trinajstić information content (AvgIpc) is 2.49. The Morgan fingerprint density at radius 2 is 2.27 bits per heavy atom. The number of rotatable bonds is 3. The maximum absolute atomic E-state index is 13.2. The molecule has 0 atom stereocenters. The molecule has 1 heterocycles. The number of nitrogens with zero attached hydrogens (tertiary/aromatic N) is 3. The maximum atomic E-state index is 13.2. The van der Waals surface area contributed by atoms with E-state index >= 15 is 0 Å². The molecular formula is C11H18FN3. The van der Waals surface area contributed by atoms with Crippen LogP contribution < -0.4 is 0 Å². The third-order valence-corrected chi connectivity index (χ3v) is 3.00. The summed E-state index contributed by atoms with van der Waals surface area (Å²) < 4.78 is 13.2. The van der Waals surface area contributed by atoms with Gasteiger partial charge in [0.05, 0.1) is 18.4 Å². The van der Waals surface area contributed by atoms with E-state index in [2.05, 4.69) is 24.0 Å². The Bertz CT molecular complexity index is 335. The van der Waals surface area contributed by atoms with Gasteiger partial charge in [0.15, 0.2) is 0 Å². The van der Waals surface area contributed by atoms with E-state index in [1.807, 2.05) is 0 Å². The number of halogens is 1. The standard InChI is InChI=1S/C11H18FN3/c1-8(2)10-6-13-15(14-10)7-9-4-11(3,12)5-9/h6,8-9H,4-5,7H2,1-3H3. The van der Waals surface area contributed by atoms with Crippen LogP contribution in [0.15, 0.2) is 6.20 Å². The Morgan fingerprint density at radius 3 is 2.73 bits per heavy atom. The second-order valence-electron chi connectivity index (χ2n) is 5.17. The molecule has 84 valence electrons. The molecule has 0 bridgehead atoms. The van der Waals surface area contributed by atoms with E-state index in [1.54, 1.807) is 17.9 Å². The molecule has 1 fully saturated rings. The van der Waals surface area contributed by atoms with Crippen LogP contribution in [0.3, 0.4) is 0 Å². The highest BCUT2D eigenvalue weighted by Crippen LogP contribution is 2.41. The van der Waals surface area contributed by atoms with E-state index in [0.717, 1.165) is 12.2 Å². The molecule has 1 aliphatic carbocycles. The number of hydrogen-bond acceptors (Lipinski definition) is 2. The van der Waals surface area contributed by atoms with Crippen LogP contribution in [-0.4, -0.2) is 20.7 Å². The fourth-order valence-electron chi connectivity index (χ4n) is 2.17. The van der Waals surface area contributed by atoms with E-state index < -0.39 is 5.67 Å². The van der Waals surface area contributed by atoms with Crippen LogP contribution in [-0.2, 0) is 6.54 Å². The highest BCUT2D eigenvalue weighted by atomic mass is 19.1. The lowest BCUT2D eigenvalue weighted by molar-refractivity contribution is 0.0135. The first kappa shape index (κ1) is 10.6. The minimum absolute atomic E-state index is 0.409. The minimum atomic E-state index is -0.946. The minimum Gasteiger partial charge on any atom is -0.244 e. The summed E-state index contributed by atoms with van der Waals surface area (Å²) in [7, 11) is 0. The Kier molecular flexibility index (Phi) is 2.52. The summed E-state index contributed by atoms with van der Waals surface area (Å²) in [6.45, 7) is 6.61. The van der Waals surface area contributed by atoms with Gasteiger partial charge in [-0.3, -0.25) is 0 Å². The Balaban J connectivity index is 1.89. The van der Waals surface area contributed by atoms with Crippen LogP contribution in [0.25, 0.3) is 0 Å². The van der Waals surface area contributed by atoms with Gasteiger partial charge in [0.25, 0.3) is 0 Å². The van der Waals surface area contributed by atoms with Gasteiger partial charge in [-0.05, 0) is 31.6 Å². The lowest BCUT2D eigenvalue weighted by atomic mass is 9.74. The third kappa shape index (κ3) is 2.36. The van der Waals surface area contributed by atoms with Gasteiger partial charge >= 0.3 is 0 Å². The van der Waals surface area contributed by atoms with Crippen molar-refractivity contribution in [1.29, 1.82) is 0 Å². The van der Waals surface area contributed by atoms with Gasteiger partial charge in [0.2, 0.25) is 0 Å². The monoisotopic (exact) mass is 211 g/mol. The molecule has 4 heteroatoms. The zero-order chi connectivity index (χ0) is 11.1. The van der Waals surface area contributed by atoms with Gasteiger partial charge in [-0.2, -0.15) is 15.0 Å². The van der Waals surface area contributed by atoms with Gasteiger partial charge < -0.3 is 0 Å². The van der Waals surface area contributed by atoms with E-state index in [1.165, 1.54) is 0 Å². The van der Waals surface area contributed by atoms with Gasteiger partial charge in [-0.1, -0.05) is 13.8 Å². The summed E-state index contributed by atoms with van der Waals surface area (Å²) in [4.78, 5) is 1.70. The largest absolute Gasteiger partial charge is 0.244 e. The second-order valence-corrected chi connectivity index (χ2v) is 5.17. The molecule has 0 unspecified atom stereocenters. The SMILES string of the molecule is CC(C)c1cnn(CC2CC(C)(F)C2)n1. The van der Waals surface area contributed by atoms with Crippen LogP contribution in [0.2, 0.25) is 0 Å². The molecule has 0 spiro atoms. The lowest BCUT2D eigenvalue weighted by Gasteiger charge is -2.38. The Hall–Kier alpha value is -0.930. The molecule has 0 N–H and O–H groups in total. The van der Waals surface area contributed by atoms with Crippen molar-refractivity contribution in [2.24, 2.45) is 5.92 Å². The molecule has 1 saturated carbocycles. The molecule has 15 heavy (non-hydrogen) atoms. The summed E-state index contributed by atoms with van der Waals surface area (Å²) in [6.07, 6.45) is 3.09. The highest BCUT2D eigenvalue weighted by molar-refractivity contribution is 4.98. The fourth-order valence-corrected chi connectivity index (χ4v) is 2.17. The normalized spacial score (nSPS) is 30.6. The van der Waals surface area contributed by atoms with Crippen LogP contribution in [0.1, 0.15) is 45.2 Å². The first-order chi connectivity index (χ1) is 6.96. The van der Waals surface area contributed by atoms with Crippen molar-refractivity contribution in [3.8, 4) is 0 Å². The molecular weight excluding hydrogens is 193 g/mol. The quantitative estimate of drug-likeness (QED) is 0.769. The van der Waals surface area contributed by atoms with Gasteiger partial charge in [0.1, 0.15) is 5.67 Å². The molecule has 1 aromatic heterocycles. The van der Waals surface area contributed by atoms with Gasteiger partial charge in [0, 0.05) is 0 Å². The van der Waals surface area contributed by atoms with Crippen LogP contribution >= 0.6 is 0 Å². The van der Waals surface area contributed by atoms with Crippen molar-refractivity contribution in [2.45, 2.75) is 51.7 Å². The zero-order valence-corrected chi connectivity index (χ0v) is 9.57. The molecule has 0 radical (unpaired) electrons. The van der Waals surface area contributed by atoms with Crippen LogP contribution in [0, 0.1) is 5.92 Å². The zero-order valence-electron chi connectivity index (χ0n) is 9.57. The van der Waals surface area contributed by atoms with Crippen LogP contribution in [0.5, 0.6) is 0 Å². The maximum Gasteiger partial charge on any atom is 0.109 e. The molecule has 3 nitrogen and oxygen atoms in total. The molecule has 0 aromatic carbocycles. The van der Waals surface area contributed by atoms with Crippen molar-refractivity contribution < 1.29 is 4.39 Å². The molecule has 0 aliphatic heterocycles. The summed E-state index contributed by atoms with van der Waals surface area (Å²) in [6, 6.07) is 0. The molecule has 1 aliphatic rings. The average molecular weight is 211 g/mol. The smallest absolute Gasteiger partial charge is 0.109 e. The van der Waals surface area contributed by atoms with Gasteiger partial charge in [-0.25, -0.2) is 4.39 Å². The van der Waals surface area contributed by atoms with Crippen LogP contribution in [0.4, 0.5) is 4.39 Å². The van der Waals surface area contributed by atoms with Crippen molar-refractivity contribution in [3.05, 3.63) is 11.9 Å². The Labute approximate surface area is 89.7 Å². The number of alkyl halides is 1. The first-order valence-electron chi connectivity index (χ1n) is 5.55. The Morgan fingerprint density at radius 1 is 1.60 bits per heavy atom. The first-order valence-corrected chi connectivity index (χ1v) is 5.55. The third-order valence-electron chi connectivity index (χ3n) is 3.00. The van der Waals surface area contributed by atoms with E-state index in [9.17, 15) is 4.39 Å². The predicted octanol–water partition coefficient (Wildman–Crippen LogP) is 2.54. The topological polar surface area (TPSA) is 30.7 Å². The molecule has 1 aromatic rings. The van der Waals surface area contributed by atoms with E-state index in [-0.39, 0.29) is 0 Å².